The average molecular weight is 432 g/mol. The van der Waals surface area contributed by atoms with E-state index in [0.29, 0.717) is 18.8 Å². The van der Waals surface area contributed by atoms with Gasteiger partial charge < -0.3 is 15.0 Å². The summed E-state index contributed by atoms with van der Waals surface area (Å²) in [6.07, 6.45) is 2.14. The molecule has 1 atom stereocenters. The van der Waals surface area contributed by atoms with E-state index < -0.39 is 5.92 Å². The lowest BCUT2D eigenvalue weighted by atomic mass is 10.1. The van der Waals surface area contributed by atoms with Crippen LogP contribution in [0.25, 0.3) is 0 Å². The van der Waals surface area contributed by atoms with Crippen molar-refractivity contribution in [1.82, 2.24) is 10.3 Å². The molecule has 2 heterocycles. The maximum Gasteiger partial charge on any atom is 0.239 e. The molecule has 1 fully saturated rings. The minimum Gasteiger partial charge on any atom is -0.475 e. The standard InChI is InChI=1S/C20H22BrN3O3/c1-13(2)27-19-14(5-4-9-22-19)12-23-18(25)17-8-10-24(20(17)26)16-7-3-6-15(21)11-16/h3-7,9,11,13,17H,8,10,12H2,1-2H3,(H,23,25). The van der Waals surface area contributed by atoms with E-state index in [4.69, 9.17) is 4.74 Å². The summed E-state index contributed by atoms with van der Waals surface area (Å²) in [5.41, 5.74) is 1.58. The fourth-order valence-corrected chi connectivity index (χ4v) is 3.40. The number of aromatic nitrogens is 1. The zero-order chi connectivity index (χ0) is 19.4. The predicted molar refractivity (Wildman–Crippen MR) is 106 cm³/mol. The Balaban J connectivity index is 1.63. The van der Waals surface area contributed by atoms with Crippen molar-refractivity contribution in [2.24, 2.45) is 5.92 Å². The first kappa shape index (κ1) is 19.4. The maximum absolute atomic E-state index is 12.7. The zero-order valence-electron chi connectivity index (χ0n) is 15.3. The third kappa shape index (κ3) is 4.66. The Morgan fingerprint density at radius 1 is 1.37 bits per heavy atom. The maximum atomic E-state index is 12.7. The first-order valence-electron chi connectivity index (χ1n) is 8.91. The number of halogens is 1. The fourth-order valence-electron chi connectivity index (χ4n) is 3.02. The molecule has 6 nitrogen and oxygen atoms in total. The molecule has 1 aliphatic rings. The van der Waals surface area contributed by atoms with Gasteiger partial charge in [0.1, 0.15) is 5.92 Å². The molecule has 142 valence electrons. The molecule has 27 heavy (non-hydrogen) atoms. The van der Waals surface area contributed by atoms with E-state index in [2.05, 4.69) is 26.2 Å². The van der Waals surface area contributed by atoms with E-state index in [9.17, 15) is 9.59 Å². The van der Waals surface area contributed by atoms with Crippen LogP contribution in [0.15, 0.2) is 47.1 Å². The highest BCUT2D eigenvalue weighted by Crippen LogP contribution is 2.27. The van der Waals surface area contributed by atoms with Gasteiger partial charge in [-0.2, -0.15) is 0 Å². The first-order valence-corrected chi connectivity index (χ1v) is 9.70. The molecule has 7 heteroatoms. The van der Waals surface area contributed by atoms with Crippen LogP contribution in [-0.4, -0.2) is 29.4 Å². The normalized spacial score (nSPS) is 16.7. The number of benzene rings is 1. The van der Waals surface area contributed by atoms with Crippen molar-refractivity contribution in [2.75, 3.05) is 11.4 Å². The Labute approximate surface area is 167 Å². The Morgan fingerprint density at radius 2 is 2.19 bits per heavy atom. The van der Waals surface area contributed by atoms with Gasteiger partial charge in [-0.1, -0.05) is 28.1 Å². The molecule has 1 saturated heterocycles. The van der Waals surface area contributed by atoms with E-state index in [1.165, 1.54) is 0 Å². The molecular weight excluding hydrogens is 410 g/mol. The summed E-state index contributed by atoms with van der Waals surface area (Å²) in [7, 11) is 0. The van der Waals surface area contributed by atoms with Gasteiger partial charge in [0.2, 0.25) is 17.7 Å². The Hall–Kier alpha value is -2.41. The molecule has 0 aliphatic carbocycles. The van der Waals surface area contributed by atoms with Crippen molar-refractivity contribution in [3.8, 4) is 5.88 Å². The quantitative estimate of drug-likeness (QED) is 0.712. The van der Waals surface area contributed by atoms with E-state index in [-0.39, 0.29) is 24.5 Å². The lowest BCUT2D eigenvalue weighted by molar-refractivity contribution is -0.132. The second kappa shape index (κ2) is 8.52. The van der Waals surface area contributed by atoms with Crippen LogP contribution in [0.2, 0.25) is 0 Å². The second-order valence-corrected chi connectivity index (χ2v) is 7.58. The van der Waals surface area contributed by atoms with Gasteiger partial charge in [-0.15, -0.1) is 0 Å². The number of carbonyl (C=O) groups excluding carboxylic acids is 2. The number of anilines is 1. The van der Waals surface area contributed by atoms with Crippen LogP contribution in [0, 0.1) is 5.92 Å². The summed E-state index contributed by atoms with van der Waals surface area (Å²) >= 11 is 3.41. The molecule has 3 rings (SSSR count). The minimum absolute atomic E-state index is 0.00971. The van der Waals surface area contributed by atoms with Gasteiger partial charge in [-0.3, -0.25) is 9.59 Å². The number of nitrogens with zero attached hydrogens (tertiary/aromatic N) is 2. The van der Waals surface area contributed by atoms with Crippen LogP contribution in [0.3, 0.4) is 0 Å². The van der Waals surface area contributed by atoms with Crippen LogP contribution in [-0.2, 0) is 16.1 Å². The molecule has 0 spiro atoms. The van der Waals surface area contributed by atoms with Gasteiger partial charge in [0.15, 0.2) is 0 Å². The highest BCUT2D eigenvalue weighted by molar-refractivity contribution is 9.10. The summed E-state index contributed by atoms with van der Waals surface area (Å²) < 4.78 is 6.57. The topological polar surface area (TPSA) is 71.5 Å². The van der Waals surface area contributed by atoms with Crippen LogP contribution >= 0.6 is 15.9 Å². The third-order valence-electron chi connectivity index (χ3n) is 4.29. The first-order chi connectivity index (χ1) is 13.0. The van der Waals surface area contributed by atoms with Crippen molar-refractivity contribution >= 4 is 33.4 Å². The van der Waals surface area contributed by atoms with Crippen LogP contribution < -0.4 is 15.0 Å². The summed E-state index contributed by atoms with van der Waals surface area (Å²) in [4.78, 5) is 31.1. The van der Waals surface area contributed by atoms with Crippen LogP contribution in [0.5, 0.6) is 5.88 Å². The van der Waals surface area contributed by atoms with Crippen molar-refractivity contribution in [2.45, 2.75) is 32.9 Å². The number of pyridine rings is 1. The minimum atomic E-state index is -0.671. The highest BCUT2D eigenvalue weighted by atomic mass is 79.9. The summed E-state index contributed by atoms with van der Waals surface area (Å²) in [5.74, 6) is -0.608. The Morgan fingerprint density at radius 3 is 2.93 bits per heavy atom. The van der Waals surface area contributed by atoms with Gasteiger partial charge in [0.05, 0.1) is 6.10 Å². The van der Waals surface area contributed by atoms with Gasteiger partial charge in [0.25, 0.3) is 0 Å². The smallest absolute Gasteiger partial charge is 0.239 e. The SMILES string of the molecule is CC(C)Oc1ncccc1CNC(=O)C1CCN(c2cccc(Br)c2)C1=O. The number of rotatable bonds is 6. The zero-order valence-corrected chi connectivity index (χ0v) is 16.9. The summed E-state index contributed by atoms with van der Waals surface area (Å²) in [6, 6.07) is 11.2. The summed E-state index contributed by atoms with van der Waals surface area (Å²) in [5, 5.41) is 2.85. The number of hydrogen-bond donors (Lipinski definition) is 1. The fraction of sp³-hybridized carbons (Fsp3) is 0.350. The number of carbonyl (C=O) groups is 2. The van der Waals surface area contributed by atoms with E-state index in [0.717, 1.165) is 15.7 Å². The molecule has 1 aliphatic heterocycles. The number of ether oxygens (including phenoxy) is 1. The molecule has 2 aromatic rings. The molecule has 0 saturated carbocycles. The number of nitrogens with one attached hydrogen (secondary N) is 1. The lowest BCUT2D eigenvalue weighted by Crippen LogP contribution is -2.36. The van der Waals surface area contributed by atoms with Crippen molar-refractivity contribution in [3.63, 3.8) is 0 Å². The number of amides is 2. The van der Waals surface area contributed by atoms with Gasteiger partial charge in [-0.05, 0) is 44.5 Å². The van der Waals surface area contributed by atoms with E-state index >= 15 is 0 Å². The van der Waals surface area contributed by atoms with Crippen molar-refractivity contribution < 1.29 is 14.3 Å². The Kier molecular flexibility index (Phi) is 6.11. The monoisotopic (exact) mass is 431 g/mol. The van der Waals surface area contributed by atoms with E-state index in [1.807, 2.05) is 44.2 Å². The molecule has 1 N–H and O–H groups in total. The Bertz CT molecular complexity index is 841. The largest absolute Gasteiger partial charge is 0.475 e. The molecule has 1 unspecified atom stereocenters. The molecule has 2 amide bonds. The highest BCUT2D eigenvalue weighted by Gasteiger charge is 2.37. The predicted octanol–water partition coefficient (Wildman–Crippen LogP) is 3.30. The number of hydrogen-bond acceptors (Lipinski definition) is 4. The van der Waals surface area contributed by atoms with Crippen molar-refractivity contribution in [3.05, 3.63) is 52.6 Å². The van der Waals surface area contributed by atoms with Crippen LogP contribution in [0.4, 0.5) is 5.69 Å². The molecular formula is C20H22BrN3O3. The van der Waals surface area contributed by atoms with Crippen molar-refractivity contribution in [1.29, 1.82) is 0 Å². The average Bonchev–Trinajstić information content (AvgIpc) is 3.02. The molecule has 1 aromatic heterocycles. The third-order valence-corrected chi connectivity index (χ3v) is 4.79. The van der Waals surface area contributed by atoms with Gasteiger partial charge in [0, 0.05) is 35.0 Å². The second-order valence-electron chi connectivity index (χ2n) is 6.66. The lowest BCUT2D eigenvalue weighted by Gasteiger charge is -2.17. The molecule has 1 aromatic carbocycles. The van der Waals surface area contributed by atoms with E-state index in [1.54, 1.807) is 17.2 Å². The van der Waals surface area contributed by atoms with Gasteiger partial charge in [-0.25, -0.2) is 4.98 Å². The van der Waals surface area contributed by atoms with Gasteiger partial charge >= 0.3 is 0 Å². The molecule has 0 bridgehead atoms. The molecule has 0 radical (unpaired) electrons. The summed E-state index contributed by atoms with van der Waals surface area (Å²) in [6.45, 7) is 4.65. The van der Waals surface area contributed by atoms with Crippen LogP contribution in [0.1, 0.15) is 25.8 Å².